The fraction of sp³-hybridized carbons (Fsp3) is 0.143. The van der Waals surface area contributed by atoms with Gasteiger partial charge in [-0.2, -0.15) is 0 Å². The molecule has 0 bridgehead atoms. The largest absolute Gasteiger partial charge is 0.457 e. The lowest BCUT2D eigenvalue weighted by molar-refractivity contribution is 0.467. The van der Waals surface area contributed by atoms with Gasteiger partial charge in [0, 0.05) is 17.7 Å². The summed E-state index contributed by atoms with van der Waals surface area (Å²) in [6.07, 6.45) is 0. The molecule has 1 atom stereocenters. The SMILES string of the molecule is CC(N)c1cc(F)ccc1Oc1ccc(F)c(Cl)c1. The highest BCUT2D eigenvalue weighted by molar-refractivity contribution is 6.30. The van der Waals surface area contributed by atoms with Gasteiger partial charge in [0.25, 0.3) is 0 Å². The molecule has 0 saturated heterocycles. The molecule has 0 aromatic heterocycles. The van der Waals surface area contributed by atoms with Crippen LogP contribution in [0.1, 0.15) is 18.5 Å². The van der Waals surface area contributed by atoms with E-state index in [-0.39, 0.29) is 11.1 Å². The molecule has 0 aliphatic carbocycles. The van der Waals surface area contributed by atoms with Crippen LogP contribution in [0.25, 0.3) is 0 Å². The van der Waals surface area contributed by atoms with E-state index >= 15 is 0 Å². The summed E-state index contributed by atoms with van der Waals surface area (Å²) in [6.45, 7) is 1.72. The molecule has 2 nitrogen and oxygen atoms in total. The number of hydrogen-bond donors (Lipinski definition) is 1. The molecule has 1 unspecified atom stereocenters. The highest BCUT2D eigenvalue weighted by Gasteiger charge is 2.11. The zero-order valence-corrected chi connectivity index (χ0v) is 10.9. The maximum absolute atomic E-state index is 13.2. The van der Waals surface area contributed by atoms with Gasteiger partial charge in [-0.05, 0) is 37.3 Å². The Bertz CT molecular complexity index is 602. The summed E-state index contributed by atoms with van der Waals surface area (Å²) in [6, 6.07) is 7.66. The highest BCUT2D eigenvalue weighted by atomic mass is 35.5. The van der Waals surface area contributed by atoms with Crippen LogP contribution in [0.5, 0.6) is 11.5 Å². The molecule has 2 aromatic rings. The number of hydrogen-bond acceptors (Lipinski definition) is 2. The van der Waals surface area contributed by atoms with Crippen molar-refractivity contribution in [2.24, 2.45) is 5.73 Å². The van der Waals surface area contributed by atoms with E-state index in [2.05, 4.69) is 0 Å². The number of nitrogens with two attached hydrogens (primary N) is 1. The monoisotopic (exact) mass is 283 g/mol. The summed E-state index contributed by atoms with van der Waals surface area (Å²) in [7, 11) is 0. The Hall–Kier alpha value is -1.65. The minimum Gasteiger partial charge on any atom is -0.457 e. The van der Waals surface area contributed by atoms with Gasteiger partial charge in [-0.25, -0.2) is 8.78 Å². The topological polar surface area (TPSA) is 35.2 Å². The molecule has 19 heavy (non-hydrogen) atoms. The van der Waals surface area contributed by atoms with Crippen LogP contribution in [0.15, 0.2) is 36.4 Å². The van der Waals surface area contributed by atoms with Gasteiger partial charge in [0.15, 0.2) is 0 Å². The standard InChI is InChI=1S/C14H12ClF2NO/c1-8(18)11-6-9(16)2-5-14(11)19-10-3-4-13(17)12(15)7-10/h2-8H,18H2,1H3. The molecule has 0 amide bonds. The Morgan fingerprint density at radius 2 is 1.89 bits per heavy atom. The number of halogens is 3. The second kappa shape index (κ2) is 5.55. The molecule has 0 radical (unpaired) electrons. The predicted octanol–water partition coefficient (Wildman–Crippen LogP) is 4.43. The van der Waals surface area contributed by atoms with E-state index in [0.717, 1.165) is 0 Å². The van der Waals surface area contributed by atoms with Crippen molar-refractivity contribution in [2.45, 2.75) is 13.0 Å². The first-order valence-corrected chi connectivity index (χ1v) is 6.03. The zero-order valence-electron chi connectivity index (χ0n) is 10.2. The van der Waals surface area contributed by atoms with Crippen molar-refractivity contribution in [1.29, 1.82) is 0 Å². The van der Waals surface area contributed by atoms with Gasteiger partial charge >= 0.3 is 0 Å². The van der Waals surface area contributed by atoms with Gasteiger partial charge in [0.05, 0.1) is 5.02 Å². The third-order valence-electron chi connectivity index (χ3n) is 2.58. The van der Waals surface area contributed by atoms with Crippen molar-refractivity contribution < 1.29 is 13.5 Å². The lowest BCUT2D eigenvalue weighted by Crippen LogP contribution is -2.07. The van der Waals surface area contributed by atoms with E-state index in [1.165, 1.54) is 36.4 Å². The van der Waals surface area contributed by atoms with Crippen molar-refractivity contribution in [3.63, 3.8) is 0 Å². The molecule has 2 rings (SSSR count). The molecule has 2 N–H and O–H groups in total. The Kier molecular flexibility index (Phi) is 4.02. The van der Waals surface area contributed by atoms with Crippen LogP contribution in [0, 0.1) is 11.6 Å². The summed E-state index contributed by atoms with van der Waals surface area (Å²) in [5, 5.41) is -0.0399. The normalized spacial score (nSPS) is 12.3. The number of benzene rings is 2. The molecular weight excluding hydrogens is 272 g/mol. The Balaban J connectivity index is 2.35. The van der Waals surface area contributed by atoms with Crippen LogP contribution in [0.2, 0.25) is 5.02 Å². The van der Waals surface area contributed by atoms with Crippen molar-refractivity contribution in [2.75, 3.05) is 0 Å². The molecule has 0 saturated carbocycles. The van der Waals surface area contributed by atoms with Crippen molar-refractivity contribution in [3.8, 4) is 11.5 Å². The molecule has 0 heterocycles. The first-order valence-electron chi connectivity index (χ1n) is 5.65. The van der Waals surface area contributed by atoms with E-state index in [1.54, 1.807) is 6.92 Å². The van der Waals surface area contributed by atoms with Crippen LogP contribution in [0.3, 0.4) is 0 Å². The second-order valence-corrected chi connectivity index (χ2v) is 4.56. The highest BCUT2D eigenvalue weighted by Crippen LogP contribution is 2.31. The summed E-state index contributed by atoms with van der Waals surface area (Å²) in [4.78, 5) is 0. The van der Waals surface area contributed by atoms with Crippen molar-refractivity contribution in [3.05, 3.63) is 58.6 Å². The first kappa shape index (κ1) is 13.8. The van der Waals surface area contributed by atoms with Crippen LogP contribution in [0.4, 0.5) is 8.78 Å². The van der Waals surface area contributed by atoms with Gasteiger partial charge < -0.3 is 10.5 Å². The molecule has 0 aliphatic heterocycles. The number of ether oxygens (including phenoxy) is 1. The van der Waals surface area contributed by atoms with Gasteiger partial charge in [0.2, 0.25) is 0 Å². The maximum atomic E-state index is 13.2. The van der Waals surface area contributed by atoms with E-state index in [4.69, 9.17) is 22.1 Å². The Labute approximate surface area is 114 Å². The van der Waals surface area contributed by atoms with Gasteiger partial charge in [-0.3, -0.25) is 0 Å². The van der Waals surface area contributed by atoms with Crippen molar-refractivity contribution in [1.82, 2.24) is 0 Å². The maximum Gasteiger partial charge on any atom is 0.142 e. The molecule has 0 aliphatic rings. The quantitative estimate of drug-likeness (QED) is 0.904. The van der Waals surface area contributed by atoms with Crippen LogP contribution in [-0.2, 0) is 0 Å². The Morgan fingerprint density at radius 1 is 1.16 bits per heavy atom. The fourth-order valence-corrected chi connectivity index (χ4v) is 1.81. The summed E-state index contributed by atoms with van der Waals surface area (Å²) >= 11 is 5.67. The zero-order chi connectivity index (χ0) is 14.0. The minimum absolute atomic E-state index is 0.0399. The molecule has 5 heteroatoms. The second-order valence-electron chi connectivity index (χ2n) is 4.15. The smallest absolute Gasteiger partial charge is 0.142 e. The third-order valence-corrected chi connectivity index (χ3v) is 2.87. The van der Waals surface area contributed by atoms with E-state index in [9.17, 15) is 8.78 Å². The lowest BCUT2D eigenvalue weighted by Gasteiger charge is -2.14. The molecule has 100 valence electrons. The lowest BCUT2D eigenvalue weighted by atomic mass is 10.1. The minimum atomic E-state index is -0.527. The van der Waals surface area contributed by atoms with Crippen LogP contribution < -0.4 is 10.5 Å². The summed E-state index contributed by atoms with van der Waals surface area (Å²) in [5.41, 5.74) is 6.29. The third kappa shape index (κ3) is 3.22. The van der Waals surface area contributed by atoms with E-state index in [1.807, 2.05) is 0 Å². The predicted molar refractivity (Wildman–Crippen MR) is 70.5 cm³/mol. The number of rotatable bonds is 3. The van der Waals surface area contributed by atoms with E-state index in [0.29, 0.717) is 17.1 Å². The fourth-order valence-electron chi connectivity index (χ4n) is 1.64. The molecule has 2 aromatic carbocycles. The first-order chi connectivity index (χ1) is 8.97. The Morgan fingerprint density at radius 3 is 2.53 bits per heavy atom. The van der Waals surface area contributed by atoms with Crippen molar-refractivity contribution >= 4 is 11.6 Å². The average Bonchev–Trinajstić information content (AvgIpc) is 2.36. The molecule has 0 spiro atoms. The average molecular weight is 284 g/mol. The van der Waals surface area contributed by atoms with Gasteiger partial charge in [-0.15, -0.1) is 0 Å². The van der Waals surface area contributed by atoms with E-state index < -0.39 is 11.6 Å². The molecule has 0 fully saturated rings. The van der Waals surface area contributed by atoms with Crippen LogP contribution >= 0.6 is 11.6 Å². The van der Waals surface area contributed by atoms with Crippen LogP contribution in [-0.4, -0.2) is 0 Å². The van der Waals surface area contributed by atoms with Gasteiger partial charge in [-0.1, -0.05) is 11.6 Å². The van der Waals surface area contributed by atoms with Gasteiger partial charge in [0.1, 0.15) is 23.1 Å². The molecular formula is C14H12ClF2NO. The summed E-state index contributed by atoms with van der Waals surface area (Å²) in [5.74, 6) is -0.142. The summed E-state index contributed by atoms with van der Waals surface area (Å²) < 4.78 is 31.8.